The van der Waals surface area contributed by atoms with Gasteiger partial charge in [0, 0.05) is 56.5 Å². The van der Waals surface area contributed by atoms with Gasteiger partial charge in [-0.1, -0.05) is 0 Å². The first-order chi connectivity index (χ1) is 17.1. The summed E-state index contributed by atoms with van der Waals surface area (Å²) in [6, 6.07) is 5.55. The van der Waals surface area contributed by atoms with Crippen molar-refractivity contribution in [2.24, 2.45) is 7.05 Å². The molecule has 2 fully saturated rings. The number of nitrogens with zero attached hydrogens (tertiary/aromatic N) is 5. The maximum atomic E-state index is 14.4. The Morgan fingerprint density at radius 2 is 1.89 bits per heavy atom. The van der Waals surface area contributed by atoms with Crippen LogP contribution in [0.5, 0.6) is 5.75 Å². The number of aryl methyl sites for hydroxylation is 2. The first-order valence-corrected chi connectivity index (χ1v) is 14.5. The molecule has 1 atom stereocenters. The van der Waals surface area contributed by atoms with Crippen molar-refractivity contribution in [2.45, 2.75) is 43.2 Å². The predicted octanol–water partition coefficient (Wildman–Crippen LogP) is 3.04. The van der Waals surface area contributed by atoms with Gasteiger partial charge in [0.1, 0.15) is 5.69 Å². The number of thiazole rings is 1. The molecular formula is C24H28FN5O4S2. The molecule has 12 heteroatoms. The second-order valence-corrected chi connectivity index (χ2v) is 12.4. The van der Waals surface area contributed by atoms with E-state index in [1.54, 1.807) is 17.5 Å². The van der Waals surface area contributed by atoms with Crippen LogP contribution in [0.25, 0.3) is 11.4 Å². The van der Waals surface area contributed by atoms with E-state index in [0.29, 0.717) is 13.0 Å². The molecule has 1 aromatic carbocycles. The van der Waals surface area contributed by atoms with E-state index < -0.39 is 21.8 Å². The Labute approximate surface area is 213 Å². The number of ether oxygens (including phenoxy) is 1. The molecule has 1 unspecified atom stereocenters. The van der Waals surface area contributed by atoms with E-state index in [-0.39, 0.29) is 22.6 Å². The molecule has 2 aliphatic heterocycles. The van der Waals surface area contributed by atoms with Crippen LogP contribution in [0.3, 0.4) is 0 Å². The van der Waals surface area contributed by atoms with Crippen molar-refractivity contribution >= 4 is 32.2 Å². The SMILES string of the molecule is Cc1sc(N2CCC(N3CCC(Oc4ccc(S(C)(=O)=O)cc4F)C3=O)CC2)nc1-c1ccnn1C. The molecule has 0 N–H and O–H groups in total. The fraction of sp³-hybridized carbons (Fsp3) is 0.458. The summed E-state index contributed by atoms with van der Waals surface area (Å²) in [6.45, 7) is 4.20. The quantitative estimate of drug-likeness (QED) is 0.480. The second kappa shape index (κ2) is 9.47. The fourth-order valence-electron chi connectivity index (χ4n) is 4.84. The van der Waals surface area contributed by atoms with Crippen molar-refractivity contribution in [1.29, 1.82) is 0 Å². The molecule has 0 aliphatic carbocycles. The number of benzene rings is 1. The number of hydrogen-bond acceptors (Lipinski definition) is 8. The Morgan fingerprint density at radius 1 is 1.14 bits per heavy atom. The maximum absolute atomic E-state index is 14.4. The molecule has 2 aromatic heterocycles. The summed E-state index contributed by atoms with van der Waals surface area (Å²) in [5.41, 5.74) is 1.93. The average Bonchev–Trinajstić information content (AvgIpc) is 3.53. The monoisotopic (exact) mass is 533 g/mol. The minimum atomic E-state index is -3.52. The molecule has 9 nitrogen and oxygen atoms in total. The smallest absolute Gasteiger partial charge is 0.263 e. The Bertz CT molecular complexity index is 1400. The van der Waals surface area contributed by atoms with Crippen LogP contribution in [0, 0.1) is 12.7 Å². The van der Waals surface area contributed by atoms with Crippen LogP contribution in [-0.4, -0.2) is 72.0 Å². The number of amides is 1. The van der Waals surface area contributed by atoms with Crippen LogP contribution in [0.15, 0.2) is 35.4 Å². The molecule has 0 saturated carbocycles. The minimum absolute atomic E-state index is 0.0948. The first kappa shape index (κ1) is 24.7. The van der Waals surface area contributed by atoms with Gasteiger partial charge < -0.3 is 14.5 Å². The van der Waals surface area contributed by atoms with Gasteiger partial charge in [0.05, 0.1) is 10.6 Å². The normalized spacial score (nSPS) is 19.3. The van der Waals surface area contributed by atoms with Crippen LogP contribution in [-0.2, 0) is 21.7 Å². The molecule has 1 amide bonds. The van der Waals surface area contributed by atoms with Crippen molar-refractivity contribution in [3.8, 4) is 17.1 Å². The minimum Gasteiger partial charge on any atom is -0.477 e. The predicted molar refractivity (Wildman–Crippen MR) is 135 cm³/mol. The summed E-state index contributed by atoms with van der Waals surface area (Å²) in [5.74, 6) is -1.05. The molecule has 2 aliphatic rings. The standard InChI is InChI=1S/C24H28FN5O4S2/c1-15-22(19-6-10-26-28(19)2)27-24(35-15)29-11-7-16(8-12-29)30-13-9-21(23(30)31)34-20-5-4-17(14-18(20)25)36(3,32)33/h4-6,10,14,16,21H,7-9,11-13H2,1-3H3. The fourth-order valence-corrected chi connectivity index (χ4v) is 6.44. The average molecular weight is 534 g/mol. The lowest BCUT2D eigenvalue weighted by atomic mass is 10.0. The highest BCUT2D eigenvalue weighted by Gasteiger charge is 2.39. The van der Waals surface area contributed by atoms with Gasteiger partial charge in [-0.3, -0.25) is 9.48 Å². The van der Waals surface area contributed by atoms with Gasteiger partial charge in [0.15, 0.2) is 32.6 Å². The molecule has 0 bridgehead atoms. The summed E-state index contributed by atoms with van der Waals surface area (Å²) in [6.07, 6.45) is 4.10. The number of piperidine rings is 1. The van der Waals surface area contributed by atoms with Crippen LogP contribution < -0.4 is 9.64 Å². The number of carbonyl (C=O) groups is 1. The molecule has 0 radical (unpaired) electrons. The highest BCUT2D eigenvalue weighted by Crippen LogP contribution is 2.34. The molecule has 192 valence electrons. The van der Waals surface area contributed by atoms with Crippen molar-refractivity contribution in [2.75, 3.05) is 30.8 Å². The summed E-state index contributed by atoms with van der Waals surface area (Å²) in [4.78, 5) is 23.1. The summed E-state index contributed by atoms with van der Waals surface area (Å²) >= 11 is 1.67. The van der Waals surface area contributed by atoms with Gasteiger partial charge in [-0.25, -0.2) is 17.8 Å². The molecule has 2 saturated heterocycles. The Morgan fingerprint density at radius 3 is 2.53 bits per heavy atom. The third kappa shape index (κ3) is 4.71. The van der Waals surface area contributed by atoms with Gasteiger partial charge in [-0.15, -0.1) is 11.3 Å². The summed E-state index contributed by atoms with van der Waals surface area (Å²) in [7, 11) is -1.62. The summed E-state index contributed by atoms with van der Waals surface area (Å²) < 4.78 is 45.2. The Balaban J connectivity index is 1.20. The topological polar surface area (TPSA) is 97.6 Å². The van der Waals surface area contributed by atoms with Crippen molar-refractivity contribution in [1.82, 2.24) is 19.7 Å². The number of rotatable bonds is 6. The van der Waals surface area contributed by atoms with E-state index >= 15 is 0 Å². The highest BCUT2D eigenvalue weighted by atomic mass is 32.2. The zero-order chi connectivity index (χ0) is 25.6. The number of aromatic nitrogens is 3. The van der Waals surface area contributed by atoms with Crippen LogP contribution in [0.1, 0.15) is 24.1 Å². The van der Waals surface area contributed by atoms with Crippen molar-refractivity contribution in [3.63, 3.8) is 0 Å². The third-order valence-electron chi connectivity index (χ3n) is 6.82. The van der Waals surface area contributed by atoms with Crippen LogP contribution in [0.2, 0.25) is 0 Å². The third-order valence-corrected chi connectivity index (χ3v) is 8.96. The molecule has 5 rings (SSSR count). The molecule has 4 heterocycles. The molecule has 3 aromatic rings. The Kier molecular flexibility index (Phi) is 6.50. The van der Waals surface area contributed by atoms with Gasteiger partial charge >= 0.3 is 0 Å². The van der Waals surface area contributed by atoms with E-state index in [1.165, 1.54) is 12.1 Å². The van der Waals surface area contributed by atoms with Crippen LogP contribution in [0.4, 0.5) is 9.52 Å². The van der Waals surface area contributed by atoms with Crippen LogP contribution >= 0.6 is 11.3 Å². The molecule has 36 heavy (non-hydrogen) atoms. The van der Waals surface area contributed by atoms with E-state index in [9.17, 15) is 17.6 Å². The Hall–Kier alpha value is -2.99. The highest BCUT2D eigenvalue weighted by molar-refractivity contribution is 7.90. The molecular weight excluding hydrogens is 505 g/mol. The number of hydrogen-bond donors (Lipinski definition) is 0. The largest absolute Gasteiger partial charge is 0.477 e. The number of anilines is 1. The number of sulfone groups is 1. The van der Waals surface area contributed by atoms with Crippen molar-refractivity contribution in [3.05, 3.63) is 41.2 Å². The van der Waals surface area contributed by atoms with E-state index in [2.05, 4.69) is 16.9 Å². The van der Waals surface area contributed by atoms with E-state index in [4.69, 9.17) is 9.72 Å². The van der Waals surface area contributed by atoms with Gasteiger partial charge in [0.25, 0.3) is 5.91 Å². The van der Waals surface area contributed by atoms with E-state index in [1.807, 2.05) is 22.7 Å². The molecule has 0 spiro atoms. The van der Waals surface area contributed by atoms with Gasteiger partial charge in [-0.05, 0) is 44.0 Å². The maximum Gasteiger partial charge on any atom is 0.263 e. The summed E-state index contributed by atoms with van der Waals surface area (Å²) in [5, 5.41) is 5.22. The number of carbonyl (C=O) groups excluding carboxylic acids is 1. The van der Waals surface area contributed by atoms with Crippen molar-refractivity contribution < 1.29 is 22.3 Å². The zero-order valence-electron chi connectivity index (χ0n) is 20.3. The lowest BCUT2D eigenvalue weighted by molar-refractivity contribution is -0.135. The first-order valence-electron chi connectivity index (χ1n) is 11.8. The van der Waals surface area contributed by atoms with Gasteiger partial charge in [-0.2, -0.15) is 5.10 Å². The lowest BCUT2D eigenvalue weighted by Crippen LogP contribution is -2.47. The number of halogens is 1. The second-order valence-electron chi connectivity index (χ2n) is 9.25. The van der Waals surface area contributed by atoms with Gasteiger partial charge in [0.2, 0.25) is 0 Å². The zero-order valence-corrected chi connectivity index (χ0v) is 22.0. The lowest BCUT2D eigenvalue weighted by Gasteiger charge is -2.36. The number of likely N-dealkylation sites (tertiary alicyclic amines) is 1. The van der Waals surface area contributed by atoms with E-state index in [0.717, 1.165) is 59.6 Å².